The molecule has 1 amide bonds. The summed E-state index contributed by atoms with van der Waals surface area (Å²) in [5.74, 6) is 0.604. The third-order valence-corrected chi connectivity index (χ3v) is 4.10. The zero-order valence-electron chi connectivity index (χ0n) is 11.7. The number of nitrogens with one attached hydrogen (secondary N) is 1. The Hall–Kier alpha value is -1.01. The van der Waals surface area contributed by atoms with Gasteiger partial charge in [-0.3, -0.25) is 4.79 Å². The van der Waals surface area contributed by atoms with Crippen LogP contribution in [0.4, 0.5) is 0 Å². The number of ether oxygens (including phenoxy) is 1. The van der Waals surface area contributed by atoms with Gasteiger partial charge in [0.2, 0.25) is 5.91 Å². The molecule has 7 heteroatoms. The van der Waals surface area contributed by atoms with Crippen molar-refractivity contribution < 1.29 is 14.6 Å². The Bertz CT molecular complexity index is 513. The van der Waals surface area contributed by atoms with Crippen molar-refractivity contribution in [1.82, 2.24) is 10.2 Å². The van der Waals surface area contributed by atoms with Crippen LogP contribution in [0.3, 0.4) is 0 Å². The minimum atomic E-state index is -0.710. The zero-order valence-corrected chi connectivity index (χ0v) is 13.2. The first-order chi connectivity index (χ1) is 9.97. The number of rotatable bonds is 6. The average molecular weight is 333 g/mol. The Morgan fingerprint density at radius 3 is 2.86 bits per heavy atom. The van der Waals surface area contributed by atoms with Crippen LogP contribution in [0.15, 0.2) is 18.2 Å². The van der Waals surface area contributed by atoms with E-state index in [0.29, 0.717) is 22.3 Å². The summed E-state index contributed by atoms with van der Waals surface area (Å²) in [4.78, 5) is 13.4. The summed E-state index contributed by atoms with van der Waals surface area (Å²) in [5, 5.41) is 13.8. The lowest BCUT2D eigenvalue weighted by Crippen LogP contribution is -2.42. The van der Waals surface area contributed by atoms with Crippen LogP contribution in [0.2, 0.25) is 10.0 Å². The van der Waals surface area contributed by atoms with Gasteiger partial charge in [-0.1, -0.05) is 23.2 Å². The molecule has 2 unspecified atom stereocenters. The summed E-state index contributed by atoms with van der Waals surface area (Å²) in [7, 11) is 1.77. The predicted molar refractivity (Wildman–Crippen MR) is 82.0 cm³/mol. The van der Waals surface area contributed by atoms with Crippen molar-refractivity contribution in [3.8, 4) is 5.75 Å². The lowest BCUT2D eigenvalue weighted by atomic mass is 10.2. The number of hydrogen-bond acceptors (Lipinski definition) is 4. The number of aliphatic hydroxyl groups excluding tert-OH is 1. The van der Waals surface area contributed by atoms with E-state index in [9.17, 15) is 9.90 Å². The summed E-state index contributed by atoms with van der Waals surface area (Å²) in [6, 6.07) is 4.70. The van der Waals surface area contributed by atoms with Crippen molar-refractivity contribution in [3.05, 3.63) is 28.2 Å². The number of carbonyl (C=O) groups is 1. The van der Waals surface area contributed by atoms with Gasteiger partial charge in [0.15, 0.2) is 0 Å². The second kappa shape index (κ2) is 7.31. The van der Waals surface area contributed by atoms with Crippen LogP contribution in [0.5, 0.6) is 5.75 Å². The topological polar surface area (TPSA) is 61.8 Å². The highest BCUT2D eigenvalue weighted by Gasteiger charge is 2.28. The third-order valence-electron chi connectivity index (χ3n) is 3.36. The zero-order chi connectivity index (χ0) is 15.4. The van der Waals surface area contributed by atoms with Gasteiger partial charge < -0.3 is 20.1 Å². The maximum absolute atomic E-state index is 11.7. The number of carbonyl (C=O) groups excluding carboxylic acids is 1. The molecule has 1 fully saturated rings. The van der Waals surface area contributed by atoms with Gasteiger partial charge in [-0.25, -0.2) is 0 Å². The van der Waals surface area contributed by atoms with Gasteiger partial charge in [0.25, 0.3) is 0 Å². The largest absolute Gasteiger partial charge is 0.491 e. The van der Waals surface area contributed by atoms with Gasteiger partial charge in [0, 0.05) is 26.2 Å². The standard InChI is InChI=1S/C14H18Cl2N2O3/c1-18-5-4-13(14(18)20)17-7-9(19)8-21-10-2-3-11(15)12(16)6-10/h2-3,6,9,13,17,19H,4-5,7-8H2,1H3. The maximum Gasteiger partial charge on any atom is 0.239 e. The molecule has 116 valence electrons. The maximum atomic E-state index is 11.7. The van der Waals surface area contributed by atoms with Crippen LogP contribution < -0.4 is 10.1 Å². The molecule has 2 atom stereocenters. The molecule has 1 aromatic carbocycles. The van der Waals surface area contributed by atoms with Gasteiger partial charge in [0.1, 0.15) is 18.5 Å². The molecular weight excluding hydrogens is 315 g/mol. The molecule has 0 aliphatic carbocycles. The highest BCUT2D eigenvalue weighted by molar-refractivity contribution is 6.42. The second-order valence-corrected chi connectivity index (χ2v) is 5.86. The molecule has 0 spiro atoms. The van der Waals surface area contributed by atoms with Crippen LogP contribution in [-0.2, 0) is 4.79 Å². The van der Waals surface area contributed by atoms with Gasteiger partial charge >= 0.3 is 0 Å². The molecule has 2 rings (SSSR count). The Balaban J connectivity index is 1.73. The molecule has 0 saturated carbocycles. The van der Waals surface area contributed by atoms with Gasteiger partial charge in [-0.05, 0) is 18.6 Å². The number of halogens is 2. The molecule has 0 radical (unpaired) electrons. The van der Waals surface area contributed by atoms with Crippen molar-refractivity contribution in [3.63, 3.8) is 0 Å². The lowest BCUT2D eigenvalue weighted by molar-refractivity contribution is -0.128. The van der Waals surface area contributed by atoms with E-state index >= 15 is 0 Å². The van der Waals surface area contributed by atoms with Gasteiger partial charge in [0.05, 0.1) is 16.1 Å². The van der Waals surface area contributed by atoms with Crippen LogP contribution in [-0.4, -0.2) is 54.8 Å². The van der Waals surface area contributed by atoms with Gasteiger partial charge in [-0.15, -0.1) is 0 Å². The van der Waals surface area contributed by atoms with E-state index in [-0.39, 0.29) is 18.6 Å². The fourth-order valence-electron chi connectivity index (χ4n) is 2.11. The highest BCUT2D eigenvalue weighted by Crippen LogP contribution is 2.26. The van der Waals surface area contributed by atoms with Crippen molar-refractivity contribution in [2.75, 3.05) is 26.7 Å². The van der Waals surface area contributed by atoms with E-state index in [1.54, 1.807) is 30.1 Å². The Morgan fingerprint density at radius 1 is 1.48 bits per heavy atom. The minimum Gasteiger partial charge on any atom is -0.491 e. The van der Waals surface area contributed by atoms with Crippen LogP contribution in [0, 0.1) is 0 Å². The number of hydrogen-bond donors (Lipinski definition) is 2. The fraction of sp³-hybridized carbons (Fsp3) is 0.500. The Morgan fingerprint density at radius 2 is 2.24 bits per heavy atom. The van der Waals surface area contributed by atoms with E-state index in [1.807, 2.05) is 0 Å². The second-order valence-electron chi connectivity index (χ2n) is 5.05. The molecule has 21 heavy (non-hydrogen) atoms. The first kappa shape index (κ1) is 16.4. The lowest BCUT2D eigenvalue weighted by Gasteiger charge is -2.16. The summed E-state index contributed by atoms with van der Waals surface area (Å²) < 4.78 is 5.44. The Kier molecular flexibility index (Phi) is 5.70. The van der Waals surface area contributed by atoms with Crippen LogP contribution >= 0.6 is 23.2 Å². The SMILES string of the molecule is CN1CCC(NCC(O)COc2ccc(Cl)c(Cl)c2)C1=O. The fourth-order valence-corrected chi connectivity index (χ4v) is 2.40. The average Bonchev–Trinajstić information content (AvgIpc) is 2.78. The first-order valence-corrected chi connectivity index (χ1v) is 7.47. The predicted octanol–water partition coefficient (Wildman–Crippen LogP) is 1.55. The summed E-state index contributed by atoms with van der Waals surface area (Å²) in [6.07, 6.45) is 0.0496. The van der Waals surface area contributed by atoms with Crippen LogP contribution in [0.1, 0.15) is 6.42 Å². The smallest absolute Gasteiger partial charge is 0.239 e. The van der Waals surface area contributed by atoms with Crippen LogP contribution in [0.25, 0.3) is 0 Å². The normalized spacial score (nSPS) is 19.9. The van der Waals surface area contributed by atoms with E-state index in [2.05, 4.69) is 5.32 Å². The quantitative estimate of drug-likeness (QED) is 0.829. The molecule has 1 aromatic rings. The molecule has 0 aromatic heterocycles. The molecule has 1 aliphatic rings. The molecule has 0 bridgehead atoms. The number of likely N-dealkylation sites (tertiary alicyclic amines) is 1. The van der Waals surface area contributed by atoms with Crippen molar-refractivity contribution in [1.29, 1.82) is 0 Å². The van der Waals surface area contributed by atoms with Gasteiger partial charge in [-0.2, -0.15) is 0 Å². The number of amides is 1. The summed E-state index contributed by atoms with van der Waals surface area (Å²) >= 11 is 11.7. The van der Waals surface area contributed by atoms with E-state index < -0.39 is 6.10 Å². The third kappa shape index (κ3) is 4.48. The molecular formula is C14H18Cl2N2O3. The monoisotopic (exact) mass is 332 g/mol. The molecule has 5 nitrogen and oxygen atoms in total. The number of aliphatic hydroxyl groups is 1. The number of benzene rings is 1. The molecule has 1 aliphatic heterocycles. The molecule has 1 heterocycles. The Labute approximate surface area is 133 Å². The van der Waals surface area contributed by atoms with E-state index in [0.717, 1.165) is 13.0 Å². The summed E-state index contributed by atoms with van der Waals surface area (Å²) in [6.45, 7) is 1.15. The van der Waals surface area contributed by atoms with Crippen molar-refractivity contribution >= 4 is 29.1 Å². The first-order valence-electron chi connectivity index (χ1n) is 6.71. The van der Waals surface area contributed by atoms with E-state index in [1.165, 1.54) is 0 Å². The molecule has 1 saturated heterocycles. The van der Waals surface area contributed by atoms with Crippen molar-refractivity contribution in [2.24, 2.45) is 0 Å². The summed E-state index contributed by atoms with van der Waals surface area (Å²) in [5.41, 5.74) is 0. The minimum absolute atomic E-state index is 0.0626. The van der Waals surface area contributed by atoms with E-state index in [4.69, 9.17) is 27.9 Å². The molecule has 2 N–H and O–H groups in total. The highest BCUT2D eigenvalue weighted by atomic mass is 35.5. The number of nitrogens with zero attached hydrogens (tertiary/aromatic N) is 1. The van der Waals surface area contributed by atoms with Crippen molar-refractivity contribution in [2.45, 2.75) is 18.6 Å². The number of likely N-dealkylation sites (N-methyl/N-ethyl adjacent to an activating group) is 1.